The van der Waals surface area contributed by atoms with E-state index in [9.17, 15) is 0 Å². The van der Waals surface area contributed by atoms with Gasteiger partial charge in [-0.1, -0.05) is 87.7 Å². The molecule has 0 saturated heterocycles. The van der Waals surface area contributed by atoms with E-state index >= 15 is 0 Å². The number of hydrogen-bond acceptors (Lipinski definition) is 0. The summed E-state index contributed by atoms with van der Waals surface area (Å²) < 4.78 is 2.13. The Balaban J connectivity index is 1.81. The molecule has 0 N–H and O–H groups in total. The SMILES string of the molecule is C=C(/C=C(\C)C1(C)C=CC1C)n1c(=C)c(=C)c2cc(-c3ccccc3)ccc21. The van der Waals surface area contributed by atoms with Gasteiger partial charge >= 0.3 is 0 Å². The summed E-state index contributed by atoms with van der Waals surface area (Å²) in [4.78, 5) is 0. The fourth-order valence-corrected chi connectivity index (χ4v) is 4.08. The Kier molecular flexibility index (Phi) is 4.27. The average Bonchev–Trinajstić information content (AvgIpc) is 2.96. The van der Waals surface area contributed by atoms with E-state index in [0.29, 0.717) is 5.92 Å². The van der Waals surface area contributed by atoms with E-state index in [4.69, 9.17) is 0 Å². The van der Waals surface area contributed by atoms with Gasteiger partial charge in [-0.05, 0) is 42.2 Å². The number of fused-ring (bicyclic) bond motifs is 1. The lowest BCUT2D eigenvalue weighted by Crippen LogP contribution is -2.30. The summed E-state index contributed by atoms with van der Waals surface area (Å²) in [6.07, 6.45) is 6.74. The van der Waals surface area contributed by atoms with Crippen LogP contribution in [0.4, 0.5) is 0 Å². The molecule has 28 heavy (non-hydrogen) atoms. The van der Waals surface area contributed by atoms with Gasteiger partial charge in [0.2, 0.25) is 0 Å². The van der Waals surface area contributed by atoms with Crippen molar-refractivity contribution >= 4 is 29.8 Å². The minimum absolute atomic E-state index is 0.112. The van der Waals surface area contributed by atoms with Crippen LogP contribution in [0.25, 0.3) is 40.9 Å². The van der Waals surface area contributed by atoms with Crippen LogP contribution in [0.15, 0.2) is 78.9 Å². The van der Waals surface area contributed by atoms with Crippen LogP contribution in [0.1, 0.15) is 20.8 Å². The number of aromatic nitrogens is 1. The summed E-state index contributed by atoms with van der Waals surface area (Å²) in [6.45, 7) is 19.7. The fourth-order valence-electron chi connectivity index (χ4n) is 4.08. The third-order valence-corrected chi connectivity index (χ3v) is 6.49. The maximum atomic E-state index is 4.36. The van der Waals surface area contributed by atoms with Gasteiger partial charge in [0.25, 0.3) is 0 Å². The number of benzene rings is 2. The quantitative estimate of drug-likeness (QED) is 0.409. The second-order valence-corrected chi connectivity index (χ2v) is 8.11. The van der Waals surface area contributed by atoms with Crippen molar-refractivity contribution in [1.82, 2.24) is 4.57 Å². The Morgan fingerprint density at radius 2 is 1.79 bits per heavy atom. The van der Waals surface area contributed by atoms with Gasteiger partial charge < -0.3 is 4.57 Å². The van der Waals surface area contributed by atoms with Crippen molar-refractivity contribution < 1.29 is 0 Å². The van der Waals surface area contributed by atoms with E-state index < -0.39 is 0 Å². The Bertz CT molecular complexity index is 1240. The van der Waals surface area contributed by atoms with Gasteiger partial charge in [-0.15, -0.1) is 0 Å². The molecule has 2 atom stereocenters. The number of allylic oxidation sites excluding steroid dienone is 5. The molecule has 1 heterocycles. The average molecular weight is 366 g/mol. The van der Waals surface area contributed by atoms with Crippen molar-refractivity contribution in [2.75, 3.05) is 0 Å². The van der Waals surface area contributed by atoms with E-state index in [1.165, 1.54) is 16.7 Å². The summed E-state index contributed by atoms with van der Waals surface area (Å²) in [5, 5.41) is 2.99. The monoisotopic (exact) mass is 365 g/mol. The van der Waals surface area contributed by atoms with Crippen LogP contribution >= 0.6 is 0 Å². The van der Waals surface area contributed by atoms with E-state index in [1.807, 2.05) is 6.07 Å². The zero-order valence-electron chi connectivity index (χ0n) is 17.0. The van der Waals surface area contributed by atoms with Crippen molar-refractivity contribution in [3.05, 3.63) is 89.5 Å². The normalized spacial score (nSPS) is 21.7. The molecule has 1 nitrogen and oxygen atoms in total. The Morgan fingerprint density at radius 1 is 1.07 bits per heavy atom. The molecule has 0 amide bonds. The zero-order chi connectivity index (χ0) is 20.1. The molecular formula is C27H27N. The molecule has 1 aliphatic carbocycles. The summed E-state index contributed by atoms with van der Waals surface area (Å²) >= 11 is 0. The summed E-state index contributed by atoms with van der Waals surface area (Å²) in [5.41, 5.74) is 5.86. The lowest BCUT2D eigenvalue weighted by Gasteiger charge is -2.39. The molecule has 0 radical (unpaired) electrons. The second kappa shape index (κ2) is 6.53. The van der Waals surface area contributed by atoms with Crippen molar-refractivity contribution in [1.29, 1.82) is 0 Å². The largest absolute Gasteiger partial charge is 0.310 e. The Morgan fingerprint density at radius 3 is 2.39 bits per heavy atom. The van der Waals surface area contributed by atoms with E-state index in [1.54, 1.807) is 0 Å². The van der Waals surface area contributed by atoms with E-state index in [0.717, 1.165) is 27.2 Å². The molecule has 1 heteroatoms. The van der Waals surface area contributed by atoms with Gasteiger partial charge in [-0.3, -0.25) is 0 Å². The zero-order valence-corrected chi connectivity index (χ0v) is 17.0. The topological polar surface area (TPSA) is 4.93 Å². The summed E-state index contributed by atoms with van der Waals surface area (Å²) in [5.74, 6) is 0.550. The smallest absolute Gasteiger partial charge is 0.0540 e. The van der Waals surface area contributed by atoms with Crippen molar-refractivity contribution in [2.24, 2.45) is 11.3 Å². The fraction of sp³-hybridized carbons (Fsp3) is 0.185. The van der Waals surface area contributed by atoms with Gasteiger partial charge in [0.15, 0.2) is 0 Å². The molecule has 140 valence electrons. The molecular weight excluding hydrogens is 338 g/mol. The molecule has 0 fully saturated rings. The van der Waals surface area contributed by atoms with Gasteiger partial charge in [-0.2, -0.15) is 0 Å². The molecule has 0 bridgehead atoms. The van der Waals surface area contributed by atoms with Crippen LogP contribution < -0.4 is 10.6 Å². The molecule has 4 rings (SSSR count). The first-order valence-corrected chi connectivity index (χ1v) is 9.78. The molecule has 2 unspecified atom stereocenters. The number of hydrogen-bond donors (Lipinski definition) is 0. The molecule has 3 aromatic rings. The van der Waals surface area contributed by atoms with E-state index in [2.05, 4.69) is 106 Å². The molecule has 0 spiro atoms. The van der Waals surface area contributed by atoms with Crippen LogP contribution in [0.2, 0.25) is 0 Å². The van der Waals surface area contributed by atoms with Crippen LogP contribution in [-0.4, -0.2) is 4.57 Å². The minimum Gasteiger partial charge on any atom is -0.310 e. The van der Waals surface area contributed by atoms with Gasteiger partial charge in [-0.25, -0.2) is 0 Å². The molecule has 1 aromatic heterocycles. The highest BCUT2D eigenvalue weighted by molar-refractivity contribution is 5.89. The van der Waals surface area contributed by atoms with Crippen molar-refractivity contribution in [3.8, 4) is 11.1 Å². The van der Waals surface area contributed by atoms with Crippen LogP contribution in [-0.2, 0) is 0 Å². The molecule has 0 saturated carbocycles. The first kappa shape index (κ1) is 18.3. The lowest BCUT2D eigenvalue weighted by atomic mass is 9.65. The lowest BCUT2D eigenvalue weighted by molar-refractivity contribution is 0.348. The van der Waals surface area contributed by atoms with Crippen LogP contribution in [0, 0.1) is 11.3 Å². The predicted octanol–water partition coefficient (Wildman–Crippen LogP) is 5.76. The van der Waals surface area contributed by atoms with Crippen LogP contribution in [0.5, 0.6) is 0 Å². The maximum absolute atomic E-state index is 4.36. The third kappa shape index (κ3) is 2.70. The molecule has 2 aromatic carbocycles. The summed E-state index contributed by atoms with van der Waals surface area (Å²) in [6, 6.07) is 17.0. The van der Waals surface area contributed by atoms with Gasteiger partial charge in [0.05, 0.1) is 5.52 Å². The number of rotatable bonds is 4. The Labute approximate surface area is 167 Å². The highest BCUT2D eigenvalue weighted by atomic mass is 15.0. The summed E-state index contributed by atoms with van der Waals surface area (Å²) in [7, 11) is 0. The van der Waals surface area contributed by atoms with Gasteiger partial charge in [0, 0.05) is 27.1 Å². The molecule has 1 aliphatic rings. The first-order chi connectivity index (χ1) is 13.3. The maximum Gasteiger partial charge on any atom is 0.0540 e. The minimum atomic E-state index is 0.112. The predicted molar refractivity (Wildman–Crippen MR) is 123 cm³/mol. The van der Waals surface area contributed by atoms with Crippen LogP contribution in [0.3, 0.4) is 0 Å². The van der Waals surface area contributed by atoms with Crippen molar-refractivity contribution in [3.63, 3.8) is 0 Å². The number of nitrogens with zero attached hydrogens (tertiary/aromatic N) is 1. The highest BCUT2D eigenvalue weighted by Crippen LogP contribution is 2.45. The standard InChI is InChI=1S/C27H27N/c1-18-14-15-27(18,6)19(2)16-20(3)28-22(5)21(4)25-17-24(12-13-26(25)28)23-10-8-7-9-11-23/h7-18H,3-5H2,1-2,6H3/b19-16+. The second-order valence-electron chi connectivity index (χ2n) is 8.11. The van der Waals surface area contributed by atoms with Crippen molar-refractivity contribution in [2.45, 2.75) is 20.8 Å². The first-order valence-electron chi connectivity index (χ1n) is 9.78. The Hall–Kier alpha value is -3.06. The molecule has 0 aliphatic heterocycles. The highest BCUT2D eigenvalue weighted by Gasteiger charge is 2.35. The van der Waals surface area contributed by atoms with Gasteiger partial charge in [0.1, 0.15) is 0 Å². The third-order valence-electron chi connectivity index (χ3n) is 6.49. The van der Waals surface area contributed by atoms with E-state index in [-0.39, 0.29) is 5.41 Å².